The second-order valence-corrected chi connectivity index (χ2v) is 5.61. The van der Waals surface area contributed by atoms with Gasteiger partial charge in [0.2, 0.25) is 10.0 Å². The van der Waals surface area contributed by atoms with Crippen LogP contribution in [-0.2, 0) is 10.0 Å². The highest BCUT2D eigenvalue weighted by Crippen LogP contribution is 2.30. The molecule has 7 heteroatoms. The Labute approximate surface area is 107 Å². The molecule has 0 aliphatic rings. The van der Waals surface area contributed by atoms with Crippen LogP contribution in [0.2, 0.25) is 0 Å². The lowest BCUT2D eigenvalue weighted by Crippen LogP contribution is -2.29. The zero-order valence-electron chi connectivity index (χ0n) is 10.6. The highest BCUT2D eigenvalue weighted by atomic mass is 32.2. The van der Waals surface area contributed by atoms with Gasteiger partial charge in [-0.1, -0.05) is 0 Å². The quantitative estimate of drug-likeness (QED) is 0.809. The predicted molar refractivity (Wildman–Crippen MR) is 66.4 cm³/mol. The van der Waals surface area contributed by atoms with Crippen LogP contribution in [0, 0.1) is 0 Å². The maximum atomic E-state index is 12.1. The minimum atomic E-state index is -3.62. The van der Waals surface area contributed by atoms with Crippen LogP contribution < -0.4 is 9.47 Å². The summed E-state index contributed by atoms with van der Waals surface area (Å²) in [5.41, 5.74) is 0. The molecule has 0 aliphatic heterocycles. The third-order valence-corrected chi connectivity index (χ3v) is 4.33. The van der Waals surface area contributed by atoms with Crippen molar-refractivity contribution >= 4 is 10.0 Å². The van der Waals surface area contributed by atoms with Gasteiger partial charge in [0.25, 0.3) is 0 Å². The number of likely N-dealkylation sites (N-methyl/N-ethyl adjacent to an activating group) is 1. The number of ether oxygens (including phenoxy) is 2. The third kappa shape index (κ3) is 2.92. The van der Waals surface area contributed by atoms with E-state index in [0.29, 0.717) is 11.5 Å². The molecule has 1 aromatic rings. The van der Waals surface area contributed by atoms with Crippen molar-refractivity contribution < 1.29 is 23.0 Å². The molecule has 18 heavy (non-hydrogen) atoms. The van der Waals surface area contributed by atoms with Crippen LogP contribution in [0.15, 0.2) is 23.1 Å². The van der Waals surface area contributed by atoms with E-state index in [2.05, 4.69) is 0 Å². The Morgan fingerprint density at radius 1 is 1.22 bits per heavy atom. The van der Waals surface area contributed by atoms with Gasteiger partial charge in [-0.15, -0.1) is 0 Å². The number of hydrogen-bond donors (Lipinski definition) is 1. The first kappa shape index (κ1) is 14.7. The number of nitrogens with zero attached hydrogens (tertiary/aromatic N) is 1. The molecule has 6 nitrogen and oxygen atoms in total. The smallest absolute Gasteiger partial charge is 0.243 e. The van der Waals surface area contributed by atoms with Crippen molar-refractivity contribution in [2.45, 2.75) is 4.90 Å². The van der Waals surface area contributed by atoms with Gasteiger partial charge in [0.05, 0.1) is 25.7 Å². The van der Waals surface area contributed by atoms with Crippen LogP contribution in [0.3, 0.4) is 0 Å². The van der Waals surface area contributed by atoms with E-state index in [1.165, 1.54) is 39.5 Å². The molecule has 0 radical (unpaired) electrons. The molecule has 0 unspecified atom stereocenters. The first-order valence-corrected chi connectivity index (χ1v) is 6.70. The van der Waals surface area contributed by atoms with Crippen molar-refractivity contribution in [3.05, 3.63) is 18.2 Å². The minimum absolute atomic E-state index is 0.0384. The summed E-state index contributed by atoms with van der Waals surface area (Å²) >= 11 is 0. The molecule has 0 fully saturated rings. The molecule has 1 N–H and O–H groups in total. The normalized spacial score (nSPS) is 11.6. The monoisotopic (exact) mass is 275 g/mol. The summed E-state index contributed by atoms with van der Waals surface area (Å²) in [7, 11) is 0.696. The average molecular weight is 275 g/mol. The van der Waals surface area contributed by atoms with Crippen LogP contribution >= 0.6 is 0 Å². The van der Waals surface area contributed by atoms with Gasteiger partial charge < -0.3 is 14.6 Å². The highest BCUT2D eigenvalue weighted by Gasteiger charge is 2.21. The molecular weight excluding hydrogens is 258 g/mol. The summed E-state index contributed by atoms with van der Waals surface area (Å²) in [6.07, 6.45) is 0. The van der Waals surface area contributed by atoms with Crippen LogP contribution in [0.25, 0.3) is 0 Å². The Balaban J connectivity index is 3.17. The summed E-state index contributed by atoms with van der Waals surface area (Å²) < 4.78 is 35.4. The van der Waals surface area contributed by atoms with Crippen molar-refractivity contribution in [2.24, 2.45) is 0 Å². The molecule has 1 aromatic carbocycles. The highest BCUT2D eigenvalue weighted by molar-refractivity contribution is 7.89. The van der Waals surface area contributed by atoms with Crippen molar-refractivity contribution in [2.75, 3.05) is 34.4 Å². The fourth-order valence-corrected chi connectivity index (χ4v) is 2.60. The molecule has 0 saturated heterocycles. The van der Waals surface area contributed by atoms with Gasteiger partial charge >= 0.3 is 0 Å². The standard InChI is InChI=1S/C11H17NO5S/c1-12(6-7-13)18(14,15)9-4-5-10(16-2)11(8-9)17-3/h4-5,8,13H,6-7H2,1-3H3. The van der Waals surface area contributed by atoms with Gasteiger partial charge in [0.15, 0.2) is 11.5 Å². The molecular formula is C11H17NO5S. The first-order chi connectivity index (χ1) is 8.47. The second kappa shape index (κ2) is 6.03. The molecule has 0 saturated carbocycles. The number of benzene rings is 1. The average Bonchev–Trinajstić information content (AvgIpc) is 2.38. The molecule has 0 spiro atoms. The lowest BCUT2D eigenvalue weighted by Gasteiger charge is -2.17. The Morgan fingerprint density at radius 3 is 2.33 bits per heavy atom. The van der Waals surface area contributed by atoms with Crippen molar-refractivity contribution in [1.82, 2.24) is 4.31 Å². The fraction of sp³-hybridized carbons (Fsp3) is 0.455. The maximum absolute atomic E-state index is 12.1. The summed E-state index contributed by atoms with van der Waals surface area (Å²) in [6, 6.07) is 4.35. The summed E-state index contributed by atoms with van der Waals surface area (Å²) in [5.74, 6) is 0.803. The number of hydrogen-bond acceptors (Lipinski definition) is 5. The number of methoxy groups -OCH3 is 2. The van der Waals surface area contributed by atoms with E-state index < -0.39 is 10.0 Å². The van der Waals surface area contributed by atoms with Crippen molar-refractivity contribution in [3.63, 3.8) is 0 Å². The molecule has 0 aliphatic carbocycles. The first-order valence-electron chi connectivity index (χ1n) is 5.26. The van der Waals surface area contributed by atoms with E-state index in [9.17, 15) is 8.42 Å². The lowest BCUT2D eigenvalue weighted by atomic mass is 10.3. The van der Waals surface area contributed by atoms with E-state index in [-0.39, 0.29) is 18.0 Å². The molecule has 0 atom stereocenters. The third-order valence-electron chi connectivity index (χ3n) is 2.48. The van der Waals surface area contributed by atoms with Gasteiger partial charge in [-0.25, -0.2) is 8.42 Å². The molecule has 102 valence electrons. The van der Waals surface area contributed by atoms with Crippen LogP contribution in [0.5, 0.6) is 11.5 Å². The minimum Gasteiger partial charge on any atom is -0.493 e. The molecule has 0 bridgehead atoms. The predicted octanol–water partition coefficient (Wildman–Crippen LogP) is 0.317. The number of sulfonamides is 1. The zero-order chi connectivity index (χ0) is 13.8. The van der Waals surface area contributed by atoms with E-state index in [1.807, 2.05) is 0 Å². The number of rotatable bonds is 6. The Bertz CT molecular complexity index is 500. The van der Waals surface area contributed by atoms with E-state index >= 15 is 0 Å². The number of aliphatic hydroxyl groups excluding tert-OH is 1. The zero-order valence-corrected chi connectivity index (χ0v) is 11.4. The van der Waals surface area contributed by atoms with Crippen molar-refractivity contribution in [3.8, 4) is 11.5 Å². The van der Waals surface area contributed by atoms with E-state index in [4.69, 9.17) is 14.6 Å². The van der Waals surface area contributed by atoms with E-state index in [1.54, 1.807) is 0 Å². The second-order valence-electron chi connectivity index (χ2n) is 3.57. The van der Waals surface area contributed by atoms with Gasteiger partial charge in [0.1, 0.15) is 0 Å². The van der Waals surface area contributed by atoms with Gasteiger partial charge in [-0.2, -0.15) is 4.31 Å². The number of aliphatic hydroxyl groups is 1. The Kier molecular flexibility index (Phi) is 4.94. The van der Waals surface area contributed by atoms with Crippen LogP contribution in [0.1, 0.15) is 0 Å². The molecule has 1 rings (SSSR count). The van der Waals surface area contributed by atoms with Crippen LogP contribution in [0.4, 0.5) is 0 Å². The molecule has 0 heterocycles. The van der Waals surface area contributed by atoms with Crippen LogP contribution in [-0.4, -0.2) is 52.2 Å². The Morgan fingerprint density at radius 2 is 1.83 bits per heavy atom. The van der Waals surface area contributed by atoms with Gasteiger partial charge in [-0.3, -0.25) is 0 Å². The fourth-order valence-electron chi connectivity index (χ4n) is 1.42. The largest absolute Gasteiger partial charge is 0.493 e. The van der Waals surface area contributed by atoms with E-state index in [0.717, 1.165) is 4.31 Å². The summed E-state index contributed by atoms with van der Waals surface area (Å²) in [4.78, 5) is 0.0936. The summed E-state index contributed by atoms with van der Waals surface area (Å²) in [6.45, 7) is -0.195. The van der Waals surface area contributed by atoms with Crippen molar-refractivity contribution in [1.29, 1.82) is 0 Å². The lowest BCUT2D eigenvalue weighted by molar-refractivity contribution is 0.266. The van der Waals surface area contributed by atoms with Gasteiger partial charge in [0, 0.05) is 19.7 Å². The summed E-state index contributed by atoms with van der Waals surface area (Å²) in [5, 5.41) is 8.78. The topological polar surface area (TPSA) is 76.1 Å². The Hall–Kier alpha value is -1.31. The SMILES string of the molecule is COc1ccc(S(=O)(=O)N(C)CCO)cc1OC. The van der Waals surface area contributed by atoms with Gasteiger partial charge in [-0.05, 0) is 12.1 Å². The molecule has 0 aromatic heterocycles. The maximum Gasteiger partial charge on any atom is 0.243 e. The molecule has 0 amide bonds.